The van der Waals surface area contributed by atoms with Crippen LogP contribution in [0.3, 0.4) is 0 Å². The van der Waals surface area contributed by atoms with Crippen LogP contribution in [0.1, 0.15) is 25.3 Å². The minimum absolute atomic E-state index is 0.00282. The maximum atomic E-state index is 13.9. The molecule has 0 bridgehead atoms. The zero-order valence-electron chi connectivity index (χ0n) is 10.3. The summed E-state index contributed by atoms with van der Waals surface area (Å²) in [5, 5.41) is 0. The Morgan fingerprint density at radius 3 is 2.47 bits per heavy atom. The van der Waals surface area contributed by atoms with Gasteiger partial charge in [0.1, 0.15) is 17.4 Å². The van der Waals surface area contributed by atoms with Crippen LogP contribution in [0.15, 0.2) is 12.1 Å². The molecule has 1 aromatic rings. The van der Waals surface area contributed by atoms with Gasteiger partial charge in [0.05, 0.1) is 7.11 Å². The van der Waals surface area contributed by atoms with Crippen molar-refractivity contribution < 1.29 is 13.5 Å². The zero-order chi connectivity index (χ0) is 12.8. The van der Waals surface area contributed by atoms with E-state index < -0.39 is 11.6 Å². The maximum absolute atomic E-state index is 13.9. The van der Waals surface area contributed by atoms with Gasteiger partial charge in [-0.15, -0.1) is 0 Å². The van der Waals surface area contributed by atoms with Crippen LogP contribution in [0.25, 0.3) is 0 Å². The number of nitrogens with two attached hydrogens (primary N) is 1. The van der Waals surface area contributed by atoms with Crippen molar-refractivity contribution in [2.24, 2.45) is 17.1 Å². The first kappa shape index (κ1) is 12.3. The third-order valence-corrected chi connectivity index (χ3v) is 3.89. The molecule has 2 N–H and O–H groups in total. The van der Waals surface area contributed by atoms with E-state index in [0.717, 1.165) is 6.07 Å². The molecule has 0 saturated heterocycles. The van der Waals surface area contributed by atoms with Crippen molar-refractivity contribution in [2.45, 2.75) is 19.8 Å². The Morgan fingerprint density at radius 2 is 2.00 bits per heavy atom. The average molecular weight is 241 g/mol. The number of ether oxygens (including phenoxy) is 1. The number of rotatable bonds is 3. The molecule has 0 spiro atoms. The Balaban J connectivity index is 2.47. The average Bonchev–Trinajstić information content (AvgIpc) is 2.79. The minimum Gasteiger partial charge on any atom is -0.496 e. The fraction of sp³-hybridized carbons (Fsp3) is 0.538. The van der Waals surface area contributed by atoms with E-state index in [-0.39, 0.29) is 23.0 Å². The summed E-state index contributed by atoms with van der Waals surface area (Å²) < 4.78 is 32.1. The first-order valence-corrected chi connectivity index (χ1v) is 5.66. The second-order valence-corrected chi connectivity index (χ2v) is 5.14. The van der Waals surface area contributed by atoms with Crippen molar-refractivity contribution in [1.82, 2.24) is 0 Å². The summed E-state index contributed by atoms with van der Waals surface area (Å²) in [6.45, 7) is 4.58. The topological polar surface area (TPSA) is 35.2 Å². The monoisotopic (exact) mass is 241 g/mol. The van der Waals surface area contributed by atoms with E-state index in [1.54, 1.807) is 0 Å². The second kappa shape index (κ2) is 3.95. The van der Waals surface area contributed by atoms with Gasteiger partial charge in [0, 0.05) is 23.6 Å². The van der Waals surface area contributed by atoms with Gasteiger partial charge in [-0.25, -0.2) is 8.78 Å². The van der Waals surface area contributed by atoms with Crippen molar-refractivity contribution in [2.75, 3.05) is 13.7 Å². The molecule has 0 aliphatic heterocycles. The molecule has 2 atom stereocenters. The third kappa shape index (κ3) is 1.80. The SMILES string of the molecule is COc1cc(F)cc(F)c1[C@@H]1[C@@H](CN)C1(C)C. The smallest absolute Gasteiger partial charge is 0.133 e. The highest BCUT2D eigenvalue weighted by Crippen LogP contribution is 2.65. The summed E-state index contributed by atoms with van der Waals surface area (Å²) in [7, 11) is 1.42. The Labute approximate surface area is 99.8 Å². The van der Waals surface area contributed by atoms with Crippen LogP contribution in [-0.2, 0) is 0 Å². The molecule has 1 saturated carbocycles. The molecule has 0 aromatic heterocycles. The van der Waals surface area contributed by atoms with Crippen LogP contribution in [0.2, 0.25) is 0 Å². The van der Waals surface area contributed by atoms with Gasteiger partial charge in [-0.2, -0.15) is 0 Å². The highest BCUT2D eigenvalue weighted by Gasteiger charge is 2.59. The largest absolute Gasteiger partial charge is 0.496 e. The maximum Gasteiger partial charge on any atom is 0.133 e. The molecule has 0 unspecified atom stereocenters. The van der Waals surface area contributed by atoms with E-state index in [4.69, 9.17) is 10.5 Å². The van der Waals surface area contributed by atoms with E-state index in [1.807, 2.05) is 13.8 Å². The van der Waals surface area contributed by atoms with Crippen molar-refractivity contribution in [3.63, 3.8) is 0 Å². The molecule has 0 radical (unpaired) electrons. The molecule has 17 heavy (non-hydrogen) atoms. The Hall–Kier alpha value is -1.16. The predicted molar refractivity (Wildman–Crippen MR) is 62.0 cm³/mol. The molecule has 0 heterocycles. The molecule has 1 aromatic carbocycles. The number of halogens is 2. The molecular weight excluding hydrogens is 224 g/mol. The summed E-state index contributed by atoms with van der Waals surface area (Å²) in [6.07, 6.45) is 0. The Kier molecular flexibility index (Phi) is 2.86. The van der Waals surface area contributed by atoms with Gasteiger partial charge in [0.15, 0.2) is 0 Å². The van der Waals surface area contributed by atoms with E-state index in [2.05, 4.69) is 0 Å². The molecule has 94 valence electrons. The first-order chi connectivity index (χ1) is 7.93. The fourth-order valence-corrected chi connectivity index (χ4v) is 2.79. The zero-order valence-corrected chi connectivity index (χ0v) is 10.3. The van der Waals surface area contributed by atoms with E-state index in [0.29, 0.717) is 12.1 Å². The molecule has 0 amide bonds. The van der Waals surface area contributed by atoms with Gasteiger partial charge >= 0.3 is 0 Å². The standard InChI is InChI=1S/C13H17F2NO/c1-13(2)8(6-16)12(13)11-9(15)4-7(14)5-10(11)17-3/h4-5,8,12H,6,16H2,1-3H3/t8-,12+/m1/s1. The Morgan fingerprint density at radius 1 is 1.35 bits per heavy atom. The number of hydrogen-bond acceptors (Lipinski definition) is 2. The molecule has 1 fully saturated rings. The highest BCUT2D eigenvalue weighted by molar-refractivity contribution is 5.44. The minimum atomic E-state index is -0.620. The van der Waals surface area contributed by atoms with E-state index in [9.17, 15) is 8.78 Å². The summed E-state index contributed by atoms with van der Waals surface area (Å²) in [5.41, 5.74) is 6.07. The lowest BCUT2D eigenvalue weighted by Crippen LogP contribution is -2.05. The molecule has 1 aliphatic rings. The summed E-state index contributed by atoms with van der Waals surface area (Å²) >= 11 is 0. The van der Waals surface area contributed by atoms with Gasteiger partial charge in [-0.05, 0) is 17.9 Å². The number of benzene rings is 1. The molecular formula is C13H17F2NO. The predicted octanol–water partition coefficient (Wildman–Crippen LogP) is 2.67. The second-order valence-electron chi connectivity index (χ2n) is 5.14. The fourth-order valence-electron chi connectivity index (χ4n) is 2.79. The van der Waals surface area contributed by atoms with Crippen molar-refractivity contribution in [1.29, 1.82) is 0 Å². The summed E-state index contributed by atoms with van der Waals surface area (Å²) in [4.78, 5) is 0. The number of methoxy groups -OCH3 is 1. The van der Waals surface area contributed by atoms with Crippen molar-refractivity contribution in [3.05, 3.63) is 29.3 Å². The molecule has 4 heteroatoms. The lowest BCUT2D eigenvalue weighted by atomic mass is 10.0. The van der Waals surface area contributed by atoms with Crippen molar-refractivity contribution in [3.8, 4) is 5.75 Å². The quantitative estimate of drug-likeness (QED) is 0.883. The highest BCUT2D eigenvalue weighted by atomic mass is 19.1. The molecule has 2 rings (SSSR count). The van der Waals surface area contributed by atoms with Crippen LogP contribution >= 0.6 is 0 Å². The van der Waals surface area contributed by atoms with Crippen LogP contribution in [0, 0.1) is 23.0 Å². The van der Waals surface area contributed by atoms with E-state index in [1.165, 1.54) is 13.2 Å². The molecule has 1 aliphatic carbocycles. The lowest BCUT2D eigenvalue weighted by molar-refractivity contribution is 0.397. The first-order valence-electron chi connectivity index (χ1n) is 5.66. The van der Waals surface area contributed by atoms with Crippen LogP contribution in [0.5, 0.6) is 5.75 Å². The lowest BCUT2D eigenvalue weighted by Gasteiger charge is -2.11. The Bertz CT molecular complexity index is 445. The molecule has 2 nitrogen and oxygen atoms in total. The normalized spacial score (nSPS) is 25.8. The number of hydrogen-bond donors (Lipinski definition) is 1. The summed E-state index contributed by atoms with van der Waals surface area (Å²) in [5.74, 6) is -0.669. The van der Waals surface area contributed by atoms with Crippen LogP contribution in [-0.4, -0.2) is 13.7 Å². The van der Waals surface area contributed by atoms with Crippen LogP contribution in [0.4, 0.5) is 8.78 Å². The van der Waals surface area contributed by atoms with Gasteiger partial charge < -0.3 is 10.5 Å². The van der Waals surface area contributed by atoms with Gasteiger partial charge in [-0.1, -0.05) is 13.8 Å². The van der Waals surface area contributed by atoms with Crippen molar-refractivity contribution >= 4 is 0 Å². The van der Waals surface area contributed by atoms with Crippen LogP contribution < -0.4 is 10.5 Å². The van der Waals surface area contributed by atoms with Gasteiger partial charge in [-0.3, -0.25) is 0 Å². The van der Waals surface area contributed by atoms with E-state index >= 15 is 0 Å². The summed E-state index contributed by atoms with van der Waals surface area (Å²) in [6, 6.07) is 2.13. The van der Waals surface area contributed by atoms with Gasteiger partial charge in [0.2, 0.25) is 0 Å². The third-order valence-electron chi connectivity index (χ3n) is 3.89. The van der Waals surface area contributed by atoms with Gasteiger partial charge in [0.25, 0.3) is 0 Å².